The first-order valence-electron chi connectivity index (χ1n) is 12.1. The molecule has 0 atom stereocenters. The molecule has 0 bridgehead atoms. The Hall–Kier alpha value is -4.69. The van der Waals surface area contributed by atoms with E-state index < -0.39 is 17.6 Å². The van der Waals surface area contributed by atoms with E-state index in [4.69, 9.17) is 0 Å². The molecule has 0 fully saturated rings. The van der Waals surface area contributed by atoms with Gasteiger partial charge in [-0.1, -0.05) is 54.6 Å². The maximum absolute atomic E-state index is 14.3. The Morgan fingerprint density at radius 1 is 0.795 bits per heavy atom. The van der Waals surface area contributed by atoms with E-state index in [1.807, 2.05) is 31.2 Å². The Morgan fingerprint density at radius 3 is 2.18 bits per heavy atom. The smallest absolute Gasteiger partial charge is 0.272 e. The molecule has 0 unspecified atom stereocenters. The van der Waals surface area contributed by atoms with Crippen molar-refractivity contribution in [2.24, 2.45) is 0 Å². The molecule has 4 aromatic rings. The Bertz CT molecular complexity index is 1510. The fourth-order valence-corrected chi connectivity index (χ4v) is 4.27. The molecule has 0 aliphatic carbocycles. The SMILES string of the molecule is Cc1ccccc1NC(=O)CSc1ccc(NC(=O)/C(=C/c2ccccc2F)NC(=O)c2ccccc2)cc1. The van der Waals surface area contributed by atoms with Crippen LogP contribution in [0.2, 0.25) is 0 Å². The largest absolute Gasteiger partial charge is 0.325 e. The fraction of sp³-hybridized carbons (Fsp3) is 0.0645. The van der Waals surface area contributed by atoms with Crippen LogP contribution in [0.1, 0.15) is 21.5 Å². The lowest BCUT2D eigenvalue weighted by atomic mass is 10.1. The van der Waals surface area contributed by atoms with E-state index >= 15 is 0 Å². The van der Waals surface area contributed by atoms with Crippen LogP contribution in [-0.2, 0) is 9.59 Å². The van der Waals surface area contributed by atoms with Gasteiger partial charge < -0.3 is 16.0 Å². The molecule has 0 aliphatic heterocycles. The van der Waals surface area contributed by atoms with E-state index in [1.54, 1.807) is 66.7 Å². The van der Waals surface area contributed by atoms with Crippen molar-refractivity contribution in [3.63, 3.8) is 0 Å². The fourth-order valence-electron chi connectivity index (χ4n) is 3.57. The van der Waals surface area contributed by atoms with Gasteiger partial charge in [-0.3, -0.25) is 14.4 Å². The third kappa shape index (κ3) is 7.90. The number of aryl methyl sites for hydroxylation is 1. The number of benzene rings is 4. The summed E-state index contributed by atoms with van der Waals surface area (Å²) in [4.78, 5) is 39.0. The summed E-state index contributed by atoms with van der Waals surface area (Å²) >= 11 is 1.36. The molecule has 4 rings (SSSR count). The third-order valence-corrected chi connectivity index (χ3v) is 6.65. The van der Waals surface area contributed by atoms with E-state index in [1.165, 1.54) is 30.0 Å². The van der Waals surface area contributed by atoms with Crippen molar-refractivity contribution in [3.8, 4) is 0 Å². The van der Waals surface area contributed by atoms with Gasteiger partial charge in [0, 0.05) is 27.4 Å². The quantitative estimate of drug-likeness (QED) is 0.173. The zero-order chi connectivity index (χ0) is 27.6. The molecule has 3 N–H and O–H groups in total. The lowest BCUT2D eigenvalue weighted by molar-refractivity contribution is -0.114. The van der Waals surface area contributed by atoms with Crippen LogP contribution >= 0.6 is 11.8 Å². The van der Waals surface area contributed by atoms with Crippen LogP contribution in [0, 0.1) is 12.7 Å². The van der Waals surface area contributed by atoms with Gasteiger partial charge in [0.05, 0.1) is 5.75 Å². The minimum Gasteiger partial charge on any atom is -0.325 e. The lowest BCUT2D eigenvalue weighted by Crippen LogP contribution is -2.30. The van der Waals surface area contributed by atoms with Gasteiger partial charge in [0.25, 0.3) is 11.8 Å². The van der Waals surface area contributed by atoms with Crippen molar-refractivity contribution in [3.05, 3.63) is 131 Å². The molecule has 8 heteroatoms. The van der Waals surface area contributed by atoms with Crippen molar-refractivity contribution in [1.29, 1.82) is 0 Å². The van der Waals surface area contributed by atoms with Crippen molar-refractivity contribution >= 4 is 46.9 Å². The monoisotopic (exact) mass is 539 g/mol. The summed E-state index contributed by atoms with van der Waals surface area (Å²) in [5.74, 6) is -1.53. The second kappa shape index (κ2) is 13.2. The van der Waals surface area contributed by atoms with Gasteiger partial charge in [-0.05, 0) is 67.1 Å². The normalized spacial score (nSPS) is 11.0. The number of nitrogens with one attached hydrogen (secondary N) is 3. The summed E-state index contributed by atoms with van der Waals surface area (Å²) in [6, 6.07) is 28.9. The Labute approximate surface area is 230 Å². The average Bonchev–Trinajstić information content (AvgIpc) is 2.95. The molecular formula is C31H26FN3O3S. The van der Waals surface area contributed by atoms with Gasteiger partial charge in [-0.2, -0.15) is 0 Å². The molecule has 0 aromatic heterocycles. The van der Waals surface area contributed by atoms with E-state index in [0.717, 1.165) is 16.1 Å². The van der Waals surface area contributed by atoms with Gasteiger partial charge in [0.2, 0.25) is 5.91 Å². The predicted molar refractivity (Wildman–Crippen MR) is 154 cm³/mol. The summed E-state index contributed by atoms with van der Waals surface area (Å²) in [6.07, 6.45) is 1.29. The second-order valence-corrected chi connectivity index (χ2v) is 9.58. The first-order valence-corrected chi connectivity index (χ1v) is 13.1. The van der Waals surface area contributed by atoms with Crippen LogP contribution in [0.25, 0.3) is 6.08 Å². The highest BCUT2D eigenvalue weighted by molar-refractivity contribution is 8.00. The Balaban J connectivity index is 1.41. The lowest BCUT2D eigenvalue weighted by Gasteiger charge is -2.12. The molecule has 0 spiro atoms. The molecule has 0 radical (unpaired) electrons. The van der Waals surface area contributed by atoms with Gasteiger partial charge in [0.1, 0.15) is 11.5 Å². The Morgan fingerprint density at radius 2 is 1.46 bits per heavy atom. The maximum atomic E-state index is 14.3. The summed E-state index contributed by atoms with van der Waals surface area (Å²) in [5, 5.41) is 8.23. The Kier molecular flexibility index (Phi) is 9.26. The number of halogens is 1. The van der Waals surface area contributed by atoms with Crippen LogP contribution in [-0.4, -0.2) is 23.5 Å². The van der Waals surface area contributed by atoms with Crippen LogP contribution in [0.4, 0.5) is 15.8 Å². The highest BCUT2D eigenvalue weighted by Crippen LogP contribution is 2.22. The number of carbonyl (C=O) groups is 3. The molecule has 3 amide bonds. The van der Waals surface area contributed by atoms with Crippen molar-refractivity contribution < 1.29 is 18.8 Å². The average molecular weight is 540 g/mol. The van der Waals surface area contributed by atoms with Gasteiger partial charge in [0.15, 0.2) is 0 Å². The van der Waals surface area contributed by atoms with E-state index in [-0.39, 0.29) is 22.9 Å². The number of para-hydroxylation sites is 1. The standard InChI is InChI=1S/C31H26FN3O3S/c1-21-9-5-8-14-27(21)34-29(36)20-39-25-17-15-24(16-18-25)33-31(38)28(19-23-12-6-7-13-26(23)32)35-30(37)22-10-3-2-4-11-22/h2-19H,20H2,1H3,(H,33,38)(H,34,36)(H,35,37)/b28-19-. The first-order chi connectivity index (χ1) is 18.9. The molecule has 39 heavy (non-hydrogen) atoms. The van der Waals surface area contributed by atoms with Crippen LogP contribution in [0.3, 0.4) is 0 Å². The molecule has 0 aliphatic rings. The van der Waals surface area contributed by atoms with Crippen molar-refractivity contribution in [2.45, 2.75) is 11.8 Å². The van der Waals surface area contributed by atoms with E-state index in [9.17, 15) is 18.8 Å². The molecular weight excluding hydrogens is 513 g/mol. The number of rotatable bonds is 9. The third-order valence-electron chi connectivity index (χ3n) is 5.64. The summed E-state index contributed by atoms with van der Waals surface area (Å²) in [5.41, 5.74) is 2.64. The topological polar surface area (TPSA) is 87.3 Å². The zero-order valence-electron chi connectivity index (χ0n) is 21.1. The van der Waals surface area contributed by atoms with Gasteiger partial charge >= 0.3 is 0 Å². The van der Waals surface area contributed by atoms with Gasteiger partial charge in [-0.15, -0.1) is 11.8 Å². The molecule has 0 saturated heterocycles. The first kappa shape index (κ1) is 27.3. The highest BCUT2D eigenvalue weighted by atomic mass is 32.2. The number of amides is 3. The molecule has 0 heterocycles. The summed E-state index contributed by atoms with van der Waals surface area (Å²) < 4.78 is 14.3. The van der Waals surface area contributed by atoms with Crippen molar-refractivity contribution in [2.75, 3.05) is 16.4 Å². The number of carbonyl (C=O) groups excluding carboxylic acids is 3. The minimum atomic E-state index is -0.611. The van der Waals surface area contributed by atoms with Crippen molar-refractivity contribution in [1.82, 2.24) is 5.32 Å². The number of anilines is 2. The summed E-state index contributed by atoms with van der Waals surface area (Å²) in [6.45, 7) is 1.93. The molecule has 0 saturated carbocycles. The highest BCUT2D eigenvalue weighted by Gasteiger charge is 2.16. The summed E-state index contributed by atoms with van der Waals surface area (Å²) in [7, 11) is 0. The zero-order valence-corrected chi connectivity index (χ0v) is 21.9. The molecule has 4 aromatic carbocycles. The van der Waals surface area contributed by atoms with E-state index in [2.05, 4.69) is 16.0 Å². The van der Waals surface area contributed by atoms with Crippen LogP contribution in [0.15, 0.2) is 114 Å². The molecule has 6 nitrogen and oxygen atoms in total. The minimum absolute atomic E-state index is 0.111. The van der Waals surface area contributed by atoms with Gasteiger partial charge in [-0.25, -0.2) is 4.39 Å². The number of thioether (sulfide) groups is 1. The van der Waals surface area contributed by atoms with E-state index in [0.29, 0.717) is 11.3 Å². The predicted octanol–water partition coefficient (Wildman–Crippen LogP) is 6.27. The van der Waals surface area contributed by atoms with Crippen LogP contribution in [0.5, 0.6) is 0 Å². The number of hydrogen-bond donors (Lipinski definition) is 3. The van der Waals surface area contributed by atoms with Crippen LogP contribution < -0.4 is 16.0 Å². The molecule has 196 valence electrons. The maximum Gasteiger partial charge on any atom is 0.272 e. The second-order valence-electron chi connectivity index (χ2n) is 8.53. The number of hydrogen-bond acceptors (Lipinski definition) is 4.